The van der Waals surface area contributed by atoms with E-state index in [-0.39, 0.29) is 29.0 Å². The smallest absolute Gasteiger partial charge is 0.270 e. The Bertz CT molecular complexity index is 1420. The van der Waals surface area contributed by atoms with Crippen LogP contribution in [0.25, 0.3) is 10.2 Å². The lowest BCUT2D eigenvalue weighted by atomic mass is 9.98. The molecule has 1 unspecified atom stereocenters. The topological polar surface area (TPSA) is 126 Å². The highest BCUT2D eigenvalue weighted by molar-refractivity contribution is 7.89. The summed E-state index contributed by atoms with van der Waals surface area (Å²) in [4.78, 5) is 32.7. The van der Waals surface area contributed by atoms with E-state index in [1.54, 1.807) is 18.2 Å². The first-order chi connectivity index (χ1) is 17.8. The van der Waals surface area contributed by atoms with Gasteiger partial charge in [0.2, 0.25) is 15.9 Å². The molecular weight excluding hydrogens is 518 g/mol. The standard InChI is InChI=1S/C24H27N5O6S2/c1-35-19-5-7-20(8-6-19)37(33,34)28-10-2-3-17(16-28)23(30)26-11-13-27(14-12-26)24-25-21-9-4-18(29(31)32)15-22(21)36-24/h4-9,15,17H,2-3,10-14,16H2,1H3. The van der Waals surface area contributed by atoms with Crippen molar-refractivity contribution < 1.29 is 22.9 Å². The number of carbonyl (C=O) groups is 1. The Kier molecular flexibility index (Phi) is 7.01. The Balaban J connectivity index is 1.21. The maximum Gasteiger partial charge on any atom is 0.270 e. The van der Waals surface area contributed by atoms with E-state index in [1.807, 2.05) is 4.90 Å². The van der Waals surface area contributed by atoms with Crippen LogP contribution in [0.5, 0.6) is 5.75 Å². The number of fused-ring (bicyclic) bond motifs is 1. The summed E-state index contributed by atoms with van der Waals surface area (Å²) in [5.41, 5.74) is 0.748. The largest absolute Gasteiger partial charge is 0.497 e. The summed E-state index contributed by atoms with van der Waals surface area (Å²) < 4.78 is 33.6. The van der Waals surface area contributed by atoms with Crippen LogP contribution < -0.4 is 9.64 Å². The minimum Gasteiger partial charge on any atom is -0.497 e. The Morgan fingerprint density at radius 1 is 1.11 bits per heavy atom. The number of amides is 1. The number of methoxy groups -OCH3 is 1. The van der Waals surface area contributed by atoms with E-state index in [0.29, 0.717) is 56.8 Å². The van der Waals surface area contributed by atoms with Crippen molar-refractivity contribution in [3.63, 3.8) is 0 Å². The molecule has 0 spiro atoms. The molecule has 5 rings (SSSR count). The van der Waals surface area contributed by atoms with Crippen molar-refractivity contribution in [3.05, 3.63) is 52.6 Å². The molecule has 1 atom stereocenters. The number of piperazine rings is 1. The number of anilines is 1. The molecule has 13 heteroatoms. The third kappa shape index (κ3) is 5.11. The van der Waals surface area contributed by atoms with Crippen LogP contribution in [0.2, 0.25) is 0 Å². The van der Waals surface area contributed by atoms with Gasteiger partial charge in [0.15, 0.2) is 5.13 Å². The zero-order valence-corrected chi connectivity index (χ0v) is 21.9. The van der Waals surface area contributed by atoms with Gasteiger partial charge in [0.05, 0.1) is 33.1 Å². The summed E-state index contributed by atoms with van der Waals surface area (Å²) in [5.74, 6) is 0.183. The summed E-state index contributed by atoms with van der Waals surface area (Å²) in [5, 5.41) is 11.8. The molecule has 196 valence electrons. The molecule has 0 bridgehead atoms. The van der Waals surface area contributed by atoms with Gasteiger partial charge in [0, 0.05) is 51.4 Å². The molecule has 11 nitrogen and oxygen atoms in total. The number of non-ortho nitro benzene ring substituents is 1. The van der Waals surface area contributed by atoms with Gasteiger partial charge in [0.1, 0.15) is 5.75 Å². The minimum atomic E-state index is -3.70. The molecular formula is C24H27N5O6S2. The van der Waals surface area contributed by atoms with Gasteiger partial charge in [-0.2, -0.15) is 4.31 Å². The highest BCUT2D eigenvalue weighted by Crippen LogP contribution is 2.32. The average Bonchev–Trinajstić information content (AvgIpc) is 3.36. The highest BCUT2D eigenvalue weighted by Gasteiger charge is 2.36. The van der Waals surface area contributed by atoms with Gasteiger partial charge in [-0.05, 0) is 43.2 Å². The number of nitro benzene ring substituents is 1. The molecule has 37 heavy (non-hydrogen) atoms. The fourth-order valence-corrected chi connectivity index (χ4v) is 7.36. The van der Waals surface area contributed by atoms with Crippen LogP contribution in [0.15, 0.2) is 47.4 Å². The number of hydrogen-bond donors (Lipinski definition) is 0. The Morgan fingerprint density at radius 2 is 1.84 bits per heavy atom. The van der Waals surface area contributed by atoms with Crippen LogP contribution in [0.4, 0.5) is 10.8 Å². The number of ether oxygens (including phenoxy) is 1. The van der Waals surface area contributed by atoms with Crippen molar-refractivity contribution in [3.8, 4) is 5.75 Å². The van der Waals surface area contributed by atoms with Crippen molar-refractivity contribution in [2.75, 3.05) is 51.3 Å². The predicted octanol–water partition coefficient (Wildman–Crippen LogP) is 2.96. The quantitative estimate of drug-likeness (QED) is 0.342. The summed E-state index contributed by atoms with van der Waals surface area (Å²) in [7, 11) is -2.18. The van der Waals surface area contributed by atoms with Crippen molar-refractivity contribution in [1.29, 1.82) is 0 Å². The molecule has 2 aliphatic rings. The van der Waals surface area contributed by atoms with E-state index in [0.717, 1.165) is 9.83 Å². The van der Waals surface area contributed by atoms with E-state index >= 15 is 0 Å². The van der Waals surface area contributed by atoms with Crippen molar-refractivity contribution in [2.45, 2.75) is 17.7 Å². The van der Waals surface area contributed by atoms with Crippen LogP contribution in [0.1, 0.15) is 12.8 Å². The molecule has 0 N–H and O–H groups in total. The van der Waals surface area contributed by atoms with E-state index in [9.17, 15) is 23.3 Å². The lowest BCUT2D eigenvalue weighted by molar-refractivity contribution is -0.384. The number of carbonyl (C=O) groups excluding carboxylic acids is 1. The molecule has 1 aromatic heterocycles. The number of sulfonamides is 1. The molecule has 3 heterocycles. The van der Waals surface area contributed by atoms with E-state index in [2.05, 4.69) is 9.88 Å². The van der Waals surface area contributed by atoms with Crippen molar-refractivity contribution >= 4 is 48.3 Å². The Morgan fingerprint density at radius 3 is 2.51 bits per heavy atom. The van der Waals surface area contributed by atoms with E-state index in [1.165, 1.54) is 47.0 Å². The molecule has 2 fully saturated rings. The zero-order chi connectivity index (χ0) is 26.2. The van der Waals surface area contributed by atoms with Crippen molar-refractivity contribution in [1.82, 2.24) is 14.2 Å². The average molecular weight is 546 g/mol. The first-order valence-electron chi connectivity index (χ1n) is 12.0. The number of benzene rings is 2. The van der Waals surface area contributed by atoms with Gasteiger partial charge in [-0.1, -0.05) is 11.3 Å². The van der Waals surface area contributed by atoms with Gasteiger partial charge in [-0.25, -0.2) is 13.4 Å². The van der Waals surface area contributed by atoms with Gasteiger partial charge >= 0.3 is 0 Å². The second kappa shape index (κ2) is 10.2. The molecule has 2 aliphatic heterocycles. The molecule has 3 aromatic rings. The number of nitrogens with zero attached hydrogens (tertiary/aromatic N) is 5. The molecule has 1 amide bonds. The Labute approximate surface area is 218 Å². The van der Waals surface area contributed by atoms with Crippen LogP contribution in [-0.2, 0) is 14.8 Å². The summed E-state index contributed by atoms with van der Waals surface area (Å²) in [6, 6.07) is 10.9. The normalized spacial score (nSPS) is 19.2. The molecule has 2 aromatic carbocycles. The van der Waals surface area contributed by atoms with Crippen molar-refractivity contribution in [2.24, 2.45) is 5.92 Å². The third-order valence-corrected chi connectivity index (χ3v) is 9.82. The number of nitro groups is 1. The summed E-state index contributed by atoms with van der Waals surface area (Å²) in [6.45, 7) is 2.77. The fourth-order valence-electron chi connectivity index (χ4n) is 4.79. The van der Waals surface area contributed by atoms with E-state index < -0.39 is 14.9 Å². The first kappa shape index (κ1) is 25.4. The molecule has 0 radical (unpaired) electrons. The van der Waals surface area contributed by atoms with Crippen LogP contribution in [0.3, 0.4) is 0 Å². The minimum absolute atomic E-state index is 0.0193. The maximum absolute atomic E-state index is 13.3. The number of thiazole rings is 1. The first-order valence-corrected chi connectivity index (χ1v) is 14.2. The van der Waals surface area contributed by atoms with Gasteiger partial charge in [-0.15, -0.1) is 0 Å². The predicted molar refractivity (Wildman–Crippen MR) is 140 cm³/mol. The van der Waals surface area contributed by atoms with Crippen LogP contribution >= 0.6 is 11.3 Å². The summed E-state index contributed by atoms with van der Waals surface area (Å²) >= 11 is 1.40. The highest BCUT2D eigenvalue weighted by atomic mass is 32.2. The number of aromatic nitrogens is 1. The zero-order valence-electron chi connectivity index (χ0n) is 20.3. The third-order valence-electron chi connectivity index (χ3n) is 6.86. The summed E-state index contributed by atoms with van der Waals surface area (Å²) in [6.07, 6.45) is 1.29. The number of hydrogen-bond acceptors (Lipinski definition) is 9. The monoisotopic (exact) mass is 545 g/mol. The lowest BCUT2D eigenvalue weighted by Crippen LogP contribution is -2.53. The van der Waals surface area contributed by atoms with Gasteiger partial charge < -0.3 is 14.5 Å². The number of rotatable bonds is 6. The van der Waals surface area contributed by atoms with Gasteiger partial charge in [-0.3, -0.25) is 14.9 Å². The Hall–Kier alpha value is -3.29. The fraction of sp³-hybridized carbons (Fsp3) is 0.417. The van der Waals surface area contributed by atoms with Gasteiger partial charge in [0.25, 0.3) is 5.69 Å². The number of piperidine rings is 1. The molecule has 0 aliphatic carbocycles. The van der Waals surface area contributed by atoms with Crippen LogP contribution in [0, 0.1) is 16.0 Å². The molecule has 0 saturated carbocycles. The second-order valence-corrected chi connectivity index (χ2v) is 12.0. The van der Waals surface area contributed by atoms with Crippen LogP contribution in [-0.4, -0.2) is 79.8 Å². The second-order valence-electron chi connectivity index (χ2n) is 9.10. The molecule has 2 saturated heterocycles. The maximum atomic E-state index is 13.3. The van der Waals surface area contributed by atoms with E-state index in [4.69, 9.17) is 4.74 Å². The SMILES string of the molecule is COc1ccc(S(=O)(=O)N2CCCC(C(=O)N3CCN(c4nc5ccc([N+](=O)[O-])cc5s4)CC3)C2)cc1. The lowest BCUT2D eigenvalue weighted by Gasteiger charge is -2.38.